The quantitative estimate of drug-likeness (QED) is 0.757. The van der Waals surface area contributed by atoms with Crippen molar-refractivity contribution in [1.29, 1.82) is 0 Å². The van der Waals surface area contributed by atoms with Gasteiger partial charge in [-0.25, -0.2) is 0 Å². The van der Waals surface area contributed by atoms with Crippen molar-refractivity contribution in [3.8, 4) is 0 Å². The Kier molecular flexibility index (Phi) is 2.77. The molecule has 0 fully saturated rings. The molecular weight excluding hydrogens is 200 g/mol. The van der Waals surface area contributed by atoms with Gasteiger partial charge in [-0.05, 0) is 31.2 Å². The van der Waals surface area contributed by atoms with Crippen LogP contribution in [0.2, 0.25) is 0 Å². The van der Waals surface area contributed by atoms with Crippen LogP contribution in [0.5, 0.6) is 0 Å². The molecule has 1 aromatic carbocycles. The van der Waals surface area contributed by atoms with Crippen molar-refractivity contribution >= 4 is 16.8 Å². The molecule has 3 nitrogen and oxygen atoms in total. The lowest BCUT2D eigenvalue weighted by Gasteiger charge is -2.09. The molecule has 1 aromatic heterocycles. The monoisotopic (exact) mass is 214 g/mol. The van der Waals surface area contributed by atoms with Crippen LogP contribution in [0, 0.1) is 0 Å². The molecule has 1 heterocycles. The van der Waals surface area contributed by atoms with E-state index in [1.807, 2.05) is 37.4 Å². The maximum absolute atomic E-state index is 11.8. The van der Waals surface area contributed by atoms with Crippen molar-refractivity contribution in [1.82, 2.24) is 10.3 Å². The molecular formula is C13H14N2O. The molecule has 0 saturated heterocycles. The zero-order valence-corrected chi connectivity index (χ0v) is 9.16. The van der Waals surface area contributed by atoms with Crippen molar-refractivity contribution in [3.63, 3.8) is 0 Å². The molecule has 1 amide bonds. The van der Waals surface area contributed by atoms with E-state index in [0.717, 1.165) is 10.9 Å². The lowest BCUT2D eigenvalue weighted by atomic mass is 10.1. The summed E-state index contributed by atoms with van der Waals surface area (Å²) in [6, 6.07) is 7.52. The summed E-state index contributed by atoms with van der Waals surface area (Å²) >= 11 is 0. The molecule has 3 heteroatoms. The Hall–Kier alpha value is -2.03. The molecule has 2 rings (SSSR count). The van der Waals surface area contributed by atoms with Gasteiger partial charge in [0.1, 0.15) is 0 Å². The second-order valence-corrected chi connectivity index (χ2v) is 3.78. The summed E-state index contributed by atoms with van der Waals surface area (Å²) in [6.07, 6.45) is 3.56. The van der Waals surface area contributed by atoms with Crippen LogP contribution in [-0.2, 0) is 0 Å². The van der Waals surface area contributed by atoms with E-state index in [9.17, 15) is 4.79 Å². The smallest absolute Gasteiger partial charge is 0.251 e. The van der Waals surface area contributed by atoms with Crippen LogP contribution in [0.15, 0.2) is 43.1 Å². The number of rotatable bonds is 3. The molecule has 0 saturated carbocycles. The van der Waals surface area contributed by atoms with Crippen LogP contribution in [0.3, 0.4) is 0 Å². The Morgan fingerprint density at radius 1 is 1.50 bits per heavy atom. The fourth-order valence-corrected chi connectivity index (χ4v) is 1.54. The zero-order chi connectivity index (χ0) is 11.5. The van der Waals surface area contributed by atoms with Crippen LogP contribution < -0.4 is 5.32 Å². The standard InChI is InChI=1S/C13H14N2O/c1-3-9(2)15-13(16)11-4-5-12-10(8-11)6-7-14-12/h3-9,14H,1H2,2H3,(H,15,16). The Morgan fingerprint density at radius 2 is 2.31 bits per heavy atom. The lowest BCUT2D eigenvalue weighted by Crippen LogP contribution is -2.30. The highest BCUT2D eigenvalue weighted by molar-refractivity contribution is 5.98. The first-order chi connectivity index (χ1) is 7.70. The molecule has 1 atom stereocenters. The van der Waals surface area contributed by atoms with E-state index in [1.165, 1.54) is 0 Å². The van der Waals surface area contributed by atoms with Crippen molar-refractivity contribution < 1.29 is 4.79 Å². The van der Waals surface area contributed by atoms with Crippen LogP contribution in [0.4, 0.5) is 0 Å². The molecule has 0 aliphatic carbocycles. The number of benzene rings is 1. The zero-order valence-electron chi connectivity index (χ0n) is 9.16. The van der Waals surface area contributed by atoms with E-state index >= 15 is 0 Å². The molecule has 1 unspecified atom stereocenters. The number of carbonyl (C=O) groups excluding carboxylic acids is 1. The fourth-order valence-electron chi connectivity index (χ4n) is 1.54. The number of amides is 1. The summed E-state index contributed by atoms with van der Waals surface area (Å²) in [6.45, 7) is 5.52. The largest absolute Gasteiger partial charge is 0.361 e. The Labute approximate surface area is 94.2 Å². The van der Waals surface area contributed by atoms with Gasteiger partial charge in [0.2, 0.25) is 0 Å². The lowest BCUT2D eigenvalue weighted by molar-refractivity contribution is 0.0947. The topological polar surface area (TPSA) is 44.9 Å². The minimum absolute atomic E-state index is 0.0191. The molecule has 0 spiro atoms. The molecule has 0 radical (unpaired) electrons. The molecule has 82 valence electrons. The van der Waals surface area contributed by atoms with Gasteiger partial charge in [-0.1, -0.05) is 6.08 Å². The summed E-state index contributed by atoms with van der Waals surface area (Å²) in [7, 11) is 0. The third-order valence-electron chi connectivity index (χ3n) is 2.53. The van der Waals surface area contributed by atoms with Crippen molar-refractivity contribution in [2.75, 3.05) is 0 Å². The highest BCUT2D eigenvalue weighted by Gasteiger charge is 2.08. The van der Waals surface area contributed by atoms with E-state index in [2.05, 4.69) is 16.9 Å². The van der Waals surface area contributed by atoms with Crippen LogP contribution in [0.1, 0.15) is 17.3 Å². The first kappa shape index (κ1) is 10.5. The maximum Gasteiger partial charge on any atom is 0.251 e. The number of hydrogen-bond donors (Lipinski definition) is 2. The van der Waals surface area contributed by atoms with Gasteiger partial charge in [0, 0.05) is 28.7 Å². The second-order valence-electron chi connectivity index (χ2n) is 3.78. The molecule has 2 aromatic rings. The first-order valence-electron chi connectivity index (χ1n) is 5.21. The van der Waals surface area contributed by atoms with Crippen molar-refractivity contribution in [3.05, 3.63) is 48.7 Å². The van der Waals surface area contributed by atoms with Crippen LogP contribution >= 0.6 is 0 Å². The highest BCUT2D eigenvalue weighted by atomic mass is 16.1. The second kappa shape index (κ2) is 4.23. The minimum atomic E-state index is -0.0736. The molecule has 16 heavy (non-hydrogen) atoms. The summed E-state index contributed by atoms with van der Waals surface area (Å²) in [5.41, 5.74) is 1.70. The Balaban J connectivity index is 2.25. The number of hydrogen-bond acceptors (Lipinski definition) is 1. The van der Waals surface area contributed by atoms with Crippen molar-refractivity contribution in [2.24, 2.45) is 0 Å². The third-order valence-corrected chi connectivity index (χ3v) is 2.53. The van der Waals surface area contributed by atoms with Gasteiger partial charge in [-0.3, -0.25) is 4.79 Å². The molecule has 0 aliphatic heterocycles. The summed E-state index contributed by atoms with van der Waals surface area (Å²) in [5, 5.41) is 3.88. The predicted octanol–water partition coefficient (Wildman–Crippen LogP) is 2.47. The summed E-state index contributed by atoms with van der Waals surface area (Å²) < 4.78 is 0. The number of nitrogens with one attached hydrogen (secondary N) is 2. The minimum Gasteiger partial charge on any atom is -0.361 e. The molecule has 0 bridgehead atoms. The fraction of sp³-hybridized carbons (Fsp3) is 0.154. The third kappa shape index (κ3) is 1.98. The average Bonchev–Trinajstić information content (AvgIpc) is 2.75. The number of aromatic amines is 1. The van der Waals surface area contributed by atoms with Gasteiger partial charge in [-0.2, -0.15) is 0 Å². The molecule has 2 N–H and O–H groups in total. The normalized spacial score (nSPS) is 12.3. The van der Waals surface area contributed by atoms with Gasteiger partial charge in [0.25, 0.3) is 5.91 Å². The van der Waals surface area contributed by atoms with Gasteiger partial charge in [-0.15, -0.1) is 6.58 Å². The molecule has 0 aliphatic rings. The van der Waals surface area contributed by atoms with Crippen LogP contribution in [-0.4, -0.2) is 16.9 Å². The number of H-pyrrole nitrogens is 1. The van der Waals surface area contributed by atoms with E-state index in [1.54, 1.807) is 6.08 Å². The summed E-state index contributed by atoms with van der Waals surface area (Å²) in [5.74, 6) is -0.0736. The summed E-state index contributed by atoms with van der Waals surface area (Å²) in [4.78, 5) is 14.9. The van der Waals surface area contributed by atoms with Gasteiger partial charge in [0.05, 0.1) is 0 Å². The average molecular weight is 214 g/mol. The number of carbonyl (C=O) groups is 1. The first-order valence-corrected chi connectivity index (χ1v) is 5.21. The van der Waals surface area contributed by atoms with E-state index in [4.69, 9.17) is 0 Å². The SMILES string of the molecule is C=CC(C)NC(=O)c1ccc2[nH]ccc2c1. The van der Waals surface area contributed by atoms with Gasteiger partial charge < -0.3 is 10.3 Å². The maximum atomic E-state index is 11.8. The highest BCUT2D eigenvalue weighted by Crippen LogP contribution is 2.14. The van der Waals surface area contributed by atoms with Gasteiger partial charge >= 0.3 is 0 Å². The van der Waals surface area contributed by atoms with E-state index < -0.39 is 0 Å². The Bertz CT molecular complexity index is 527. The van der Waals surface area contributed by atoms with Crippen molar-refractivity contribution in [2.45, 2.75) is 13.0 Å². The van der Waals surface area contributed by atoms with E-state index in [-0.39, 0.29) is 11.9 Å². The van der Waals surface area contributed by atoms with Crippen LogP contribution in [0.25, 0.3) is 10.9 Å². The number of fused-ring (bicyclic) bond motifs is 1. The number of aromatic nitrogens is 1. The Morgan fingerprint density at radius 3 is 3.06 bits per heavy atom. The van der Waals surface area contributed by atoms with E-state index in [0.29, 0.717) is 5.56 Å². The van der Waals surface area contributed by atoms with Gasteiger partial charge in [0.15, 0.2) is 0 Å². The predicted molar refractivity (Wildman–Crippen MR) is 65.4 cm³/mol.